The summed E-state index contributed by atoms with van der Waals surface area (Å²) in [6.07, 6.45) is 5.49. The Labute approximate surface area is 132 Å². The third kappa shape index (κ3) is 2.89. The molecule has 0 radical (unpaired) electrons. The maximum atomic E-state index is 13.8. The molecule has 1 aromatic carbocycles. The van der Waals surface area contributed by atoms with Gasteiger partial charge in [0.05, 0.1) is 11.7 Å². The van der Waals surface area contributed by atoms with E-state index in [-0.39, 0.29) is 17.3 Å². The fraction of sp³-hybridized carbons (Fsp3) is 0.375. The summed E-state index contributed by atoms with van der Waals surface area (Å²) in [6, 6.07) is 6.43. The summed E-state index contributed by atoms with van der Waals surface area (Å²) in [4.78, 5) is 17.1. The third-order valence-corrected chi connectivity index (χ3v) is 5.19. The number of benzene rings is 1. The van der Waals surface area contributed by atoms with Crippen molar-refractivity contribution in [2.24, 2.45) is 5.73 Å². The fourth-order valence-corrected chi connectivity index (χ4v) is 3.71. The van der Waals surface area contributed by atoms with Crippen molar-refractivity contribution in [3.63, 3.8) is 0 Å². The van der Waals surface area contributed by atoms with Crippen LogP contribution in [0.5, 0.6) is 0 Å². The van der Waals surface area contributed by atoms with Crippen molar-refractivity contribution >= 4 is 17.2 Å². The molecule has 1 fully saturated rings. The van der Waals surface area contributed by atoms with Crippen LogP contribution in [-0.4, -0.2) is 23.0 Å². The number of hydrogen-bond donors (Lipinski definition) is 2. The van der Waals surface area contributed by atoms with Gasteiger partial charge in [0.15, 0.2) is 0 Å². The Kier molecular flexibility index (Phi) is 4.22. The number of aromatic nitrogens is 1. The Bertz CT molecular complexity index is 680. The van der Waals surface area contributed by atoms with E-state index in [1.807, 2.05) is 0 Å². The molecule has 1 aliphatic rings. The van der Waals surface area contributed by atoms with Gasteiger partial charge in [-0.25, -0.2) is 9.37 Å². The minimum Gasteiger partial charge on any atom is -0.345 e. The molecule has 2 aromatic rings. The minimum absolute atomic E-state index is 0.174. The highest BCUT2D eigenvalue weighted by atomic mass is 32.1. The molecule has 1 amide bonds. The van der Waals surface area contributed by atoms with E-state index in [2.05, 4.69) is 10.3 Å². The molecule has 116 valence electrons. The van der Waals surface area contributed by atoms with E-state index in [9.17, 15) is 9.18 Å². The van der Waals surface area contributed by atoms with E-state index in [0.29, 0.717) is 22.0 Å². The van der Waals surface area contributed by atoms with Crippen molar-refractivity contribution in [3.8, 4) is 10.6 Å². The smallest absolute Gasteiger partial charge is 0.263 e. The SMILES string of the molecule is NCC1(NC(=O)c2cnc(-c3ccccc3F)s2)CCCC1. The summed E-state index contributed by atoms with van der Waals surface area (Å²) in [7, 11) is 0. The molecule has 1 saturated carbocycles. The first kappa shape index (κ1) is 15.1. The lowest BCUT2D eigenvalue weighted by atomic mass is 9.98. The number of thiazole rings is 1. The van der Waals surface area contributed by atoms with Crippen molar-refractivity contribution in [1.82, 2.24) is 10.3 Å². The quantitative estimate of drug-likeness (QED) is 0.910. The zero-order valence-electron chi connectivity index (χ0n) is 12.1. The predicted molar refractivity (Wildman–Crippen MR) is 85.2 cm³/mol. The summed E-state index contributed by atoms with van der Waals surface area (Å²) in [6.45, 7) is 0.442. The van der Waals surface area contributed by atoms with Crippen molar-refractivity contribution in [3.05, 3.63) is 41.2 Å². The Balaban J connectivity index is 1.79. The van der Waals surface area contributed by atoms with Gasteiger partial charge in [-0.05, 0) is 25.0 Å². The Hall–Kier alpha value is -1.79. The van der Waals surface area contributed by atoms with Gasteiger partial charge < -0.3 is 11.1 Å². The fourth-order valence-electron chi connectivity index (χ4n) is 2.87. The predicted octanol–water partition coefficient (Wildman–Crippen LogP) is 2.95. The molecular weight excluding hydrogens is 301 g/mol. The zero-order valence-corrected chi connectivity index (χ0v) is 13.0. The molecule has 0 unspecified atom stereocenters. The summed E-state index contributed by atoms with van der Waals surface area (Å²) >= 11 is 1.20. The van der Waals surface area contributed by atoms with E-state index >= 15 is 0 Å². The monoisotopic (exact) mass is 319 g/mol. The van der Waals surface area contributed by atoms with Crippen LogP contribution >= 0.6 is 11.3 Å². The molecule has 1 aliphatic carbocycles. The van der Waals surface area contributed by atoms with E-state index in [1.165, 1.54) is 23.6 Å². The van der Waals surface area contributed by atoms with Gasteiger partial charge in [0.2, 0.25) is 0 Å². The van der Waals surface area contributed by atoms with Crippen LogP contribution in [0.1, 0.15) is 35.4 Å². The number of nitrogens with two attached hydrogens (primary N) is 1. The second-order valence-electron chi connectivity index (χ2n) is 5.66. The molecule has 0 saturated heterocycles. The molecule has 0 bridgehead atoms. The average Bonchev–Trinajstić information content (AvgIpc) is 3.17. The largest absolute Gasteiger partial charge is 0.345 e. The van der Waals surface area contributed by atoms with Crippen molar-refractivity contribution in [1.29, 1.82) is 0 Å². The molecule has 4 nitrogen and oxygen atoms in total. The Morgan fingerprint density at radius 1 is 1.36 bits per heavy atom. The lowest BCUT2D eigenvalue weighted by Gasteiger charge is -2.28. The van der Waals surface area contributed by atoms with Gasteiger partial charge in [-0.2, -0.15) is 0 Å². The van der Waals surface area contributed by atoms with Crippen LogP contribution in [0.15, 0.2) is 30.5 Å². The number of hydrogen-bond acceptors (Lipinski definition) is 4. The Morgan fingerprint density at radius 3 is 2.77 bits per heavy atom. The zero-order chi connectivity index (χ0) is 15.6. The summed E-state index contributed by atoms with van der Waals surface area (Å²) in [5.41, 5.74) is 5.96. The summed E-state index contributed by atoms with van der Waals surface area (Å²) in [5, 5.41) is 3.56. The van der Waals surface area contributed by atoms with Crippen molar-refractivity contribution in [2.75, 3.05) is 6.54 Å². The van der Waals surface area contributed by atoms with Crippen LogP contribution in [0.3, 0.4) is 0 Å². The van der Waals surface area contributed by atoms with Crippen molar-refractivity contribution in [2.45, 2.75) is 31.2 Å². The van der Waals surface area contributed by atoms with Crippen LogP contribution < -0.4 is 11.1 Å². The van der Waals surface area contributed by atoms with Crippen LogP contribution in [0.2, 0.25) is 0 Å². The molecule has 0 atom stereocenters. The Morgan fingerprint density at radius 2 is 2.09 bits per heavy atom. The first-order valence-electron chi connectivity index (χ1n) is 7.37. The van der Waals surface area contributed by atoms with Gasteiger partial charge in [-0.15, -0.1) is 11.3 Å². The lowest BCUT2D eigenvalue weighted by molar-refractivity contribution is 0.0907. The molecule has 22 heavy (non-hydrogen) atoms. The number of carbonyl (C=O) groups excluding carboxylic acids is 1. The van der Waals surface area contributed by atoms with Crippen LogP contribution in [0.4, 0.5) is 4.39 Å². The molecule has 1 aromatic heterocycles. The first-order valence-corrected chi connectivity index (χ1v) is 8.18. The number of nitrogens with one attached hydrogen (secondary N) is 1. The van der Waals surface area contributed by atoms with Gasteiger partial charge in [-0.1, -0.05) is 25.0 Å². The van der Waals surface area contributed by atoms with Gasteiger partial charge >= 0.3 is 0 Å². The molecule has 3 N–H and O–H groups in total. The van der Waals surface area contributed by atoms with E-state index in [4.69, 9.17) is 5.73 Å². The first-order chi connectivity index (χ1) is 10.6. The highest BCUT2D eigenvalue weighted by Crippen LogP contribution is 2.31. The molecule has 1 heterocycles. The maximum absolute atomic E-state index is 13.8. The van der Waals surface area contributed by atoms with Gasteiger partial charge in [0, 0.05) is 12.1 Å². The van der Waals surface area contributed by atoms with Gasteiger partial charge in [-0.3, -0.25) is 4.79 Å². The lowest BCUT2D eigenvalue weighted by Crippen LogP contribution is -2.51. The standard InChI is InChI=1S/C16H18FN3OS/c17-12-6-2-1-5-11(12)15-19-9-13(22-15)14(21)20-16(10-18)7-3-4-8-16/h1-2,5-6,9H,3-4,7-8,10,18H2,(H,20,21). The normalized spacial score (nSPS) is 16.6. The minimum atomic E-state index is -0.335. The molecule has 0 spiro atoms. The van der Waals surface area contributed by atoms with E-state index in [0.717, 1.165) is 25.7 Å². The number of rotatable bonds is 4. The van der Waals surface area contributed by atoms with Crippen LogP contribution in [-0.2, 0) is 0 Å². The summed E-state index contributed by atoms with van der Waals surface area (Å²) in [5.74, 6) is -0.509. The third-order valence-electron chi connectivity index (χ3n) is 4.16. The van der Waals surface area contributed by atoms with Gasteiger partial charge in [0.1, 0.15) is 15.7 Å². The molecular formula is C16H18FN3OS. The molecule has 6 heteroatoms. The van der Waals surface area contributed by atoms with Gasteiger partial charge in [0.25, 0.3) is 5.91 Å². The number of nitrogens with zero attached hydrogens (tertiary/aromatic N) is 1. The van der Waals surface area contributed by atoms with E-state index < -0.39 is 0 Å². The van der Waals surface area contributed by atoms with Crippen LogP contribution in [0.25, 0.3) is 10.6 Å². The number of amides is 1. The number of carbonyl (C=O) groups is 1. The highest BCUT2D eigenvalue weighted by Gasteiger charge is 2.34. The topological polar surface area (TPSA) is 68.0 Å². The van der Waals surface area contributed by atoms with Crippen LogP contribution in [0, 0.1) is 5.82 Å². The second-order valence-corrected chi connectivity index (χ2v) is 6.69. The number of halogens is 1. The van der Waals surface area contributed by atoms with Crippen molar-refractivity contribution < 1.29 is 9.18 Å². The molecule has 0 aliphatic heterocycles. The molecule has 3 rings (SSSR count). The van der Waals surface area contributed by atoms with E-state index in [1.54, 1.807) is 18.2 Å². The summed E-state index contributed by atoms with van der Waals surface area (Å²) < 4.78 is 13.8. The second kappa shape index (κ2) is 6.14. The highest BCUT2D eigenvalue weighted by molar-refractivity contribution is 7.16. The maximum Gasteiger partial charge on any atom is 0.263 e. The average molecular weight is 319 g/mol.